The van der Waals surface area contributed by atoms with Crippen LogP contribution in [-0.4, -0.2) is 21.1 Å². The number of hydrogen-bond acceptors (Lipinski definition) is 4. The molecule has 32 heavy (non-hydrogen) atoms. The Hall–Kier alpha value is -3.39. The fourth-order valence-electron chi connectivity index (χ4n) is 3.15. The van der Waals surface area contributed by atoms with Crippen LogP contribution in [0, 0.1) is 0 Å². The molecule has 1 N–H and O–H groups in total. The van der Waals surface area contributed by atoms with Gasteiger partial charge in [0.1, 0.15) is 5.03 Å². The molecule has 162 valence electrons. The van der Waals surface area contributed by atoms with Gasteiger partial charge in [-0.3, -0.25) is 4.79 Å². The topological polar surface area (TPSA) is 54.9 Å². The van der Waals surface area contributed by atoms with Crippen molar-refractivity contribution in [3.63, 3.8) is 0 Å². The van der Waals surface area contributed by atoms with Crippen LogP contribution in [0.25, 0.3) is 22.3 Å². The molecule has 0 bridgehead atoms. The maximum Gasteiger partial charge on any atom is 0.418 e. The van der Waals surface area contributed by atoms with E-state index in [1.165, 1.54) is 30.0 Å². The highest BCUT2D eigenvalue weighted by Gasteiger charge is 2.34. The van der Waals surface area contributed by atoms with Crippen LogP contribution >= 0.6 is 11.8 Å². The molecule has 1 amide bonds. The minimum atomic E-state index is -4.56. The maximum atomic E-state index is 13.3. The molecule has 8 heteroatoms. The van der Waals surface area contributed by atoms with Crippen molar-refractivity contribution in [3.8, 4) is 11.4 Å². The van der Waals surface area contributed by atoms with Gasteiger partial charge in [0, 0.05) is 10.9 Å². The molecule has 0 saturated heterocycles. The number of benzene rings is 3. The Morgan fingerprint density at radius 3 is 2.31 bits per heavy atom. The van der Waals surface area contributed by atoms with E-state index >= 15 is 0 Å². The van der Waals surface area contributed by atoms with Gasteiger partial charge in [0.25, 0.3) is 0 Å². The average molecular weight is 453 g/mol. The lowest BCUT2D eigenvalue weighted by Gasteiger charge is -2.16. The normalized spacial score (nSPS) is 12.5. The zero-order valence-corrected chi connectivity index (χ0v) is 17.7. The molecular formula is C24H18F3N3OS. The summed E-state index contributed by atoms with van der Waals surface area (Å²) in [5.74, 6) is -0.0301. The number of nitrogens with zero attached hydrogens (tertiary/aromatic N) is 2. The number of nitrogens with one attached hydrogen (secondary N) is 1. The van der Waals surface area contributed by atoms with Crippen molar-refractivity contribution in [3.05, 3.63) is 84.4 Å². The van der Waals surface area contributed by atoms with E-state index in [9.17, 15) is 18.0 Å². The molecule has 1 heterocycles. The molecule has 4 aromatic rings. The number of hydrogen-bond donors (Lipinski definition) is 1. The molecular weight excluding hydrogens is 435 g/mol. The van der Waals surface area contributed by atoms with Crippen LogP contribution in [0.3, 0.4) is 0 Å². The van der Waals surface area contributed by atoms with Crippen molar-refractivity contribution >= 4 is 34.3 Å². The molecule has 0 saturated carbocycles. The first-order valence-electron chi connectivity index (χ1n) is 9.79. The largest absolute Gasteiger partial charge is 0.418 e. The summed E-state index contributed by atoms with van der Waals surface area (Å²) >= 11 is 1.18. The SMILES string of the molecule is CC(Sc1nc(-c2ccccc2)nc2ccccc12)C(=O)Nc1ccccc1C(F)(F)F. The molecule has 3 aromatic carbocycles. The zero-order valence-electron chi connectivity index (χ0n) is 16.9. The molecule has 1 atom stereocenters. The summed E-state index contributed by atoms with van der Waals surface area (Å²) in [7, 11) is 0. The Labute approximate surface area is 186 Å². The number of amides is 1. The lowest BCUT2D eigenvalue weighted by molar-refractivity contribution is -0.137. The van der Waals surface area contributed by atoms with Gasteiger partial charge in [0.05, 0.1) is 22.0 Å². The Bertz CT molecular complexity index is 1260. The van der Waals surface area contributed by atoms with Crippen LogP contribution in [0.15, 0.2) is 83.9 Å². The summed E-state index contributed by atoms with van der Waals surface area (Å²) < 4.78 is 39.8. The van der Waals surface area contributed by atoms with Gasteiger partial charge in [-0.1, -0.05) is 72.4 Å². The van der Waals surface area contributed by atoms with Gasteiger partial charge < -0.3 is 5.32 Å². The number of para-hydroxylation sites is 2. The lowest BCUT2D eigenvalue weighted by Crippen LogP contribution is -2.24. The first-order chi connectivity index (χ1) is 15.3. The Balaban J connectivity index is 1.63. The van der Waals surface area contributed by atoms with Crippen LogP contribution < -0.4 is 5.32 Å². The molecule has 0 radical (unpaired) electrons. The van der Waals surface area contributed by atoms with Crippen LogP contribution in [0.5, 0.6) is 0 Å². The summed E-state index contributed by atoms with van der Waals surface area (Å²) in [6.45, 7) is 1.63. The summed E-state index contributed by atoms with van der Waals surface area (Å²) in [5.41, 5.74) is 0.398. The van der Waals surface area contributed by atoms with Crippen molar-refractivity contribution in [1.29, 1.82) is 0 Å². The Morgan fingerprint density at radius 2 is 1.56 bits per heavy atom. The van der Waals surface area contributed by atoms with Gasteiger partial charge >= 0.3 is 6.18 Å². The molecule has 1 unspecified atom stereocenters. The van der Waals surface area contributed by atoms with Crippen LogP contribution in [0.4, 0.5) is 18.9 Å². The molecule has 0 aliphatic carbocycles. The van der Waals surface area contributed by atoms with Crippen LogP contribution in [-0.2, 0) is 11.0 Å². The molecule has 0 aliphatic rings. The first kappa shape index (κ1) is 21.8. The van der Waals surface area contributed by atoms with E-state index in [0.29, 0.717) is 10.9 Å². The number of alkyl halides is 3. The Morgan fingerprint density at radius 1 is 0.906 bits per heavy atom. The van der Waals surface area contributed by atoms with E-state index in [0.717, 1.165) is 22.5 Å². The monoisotopic (exact) mass is 453 g/mol. The highest BCUT2D eigenvalue weighted by molar-refractivity contribution is 8.00. The van der Waals surface area contributed by atoms with E-state index in [1.807, 2.05) is 54.6 Å². The number of carbonyl (C=O) groups excluding carboxylic acids is 1. The predicted octanol–water partition coefficient (Wildman–Crippen LogP) is 6.43. The molecule has 0 aliphatic heterocycles. The number of rotatable bonds is 5. The third kappa shape index (κ3) is 4.75. The minimum absolute atomic E-state index is 0.269. The summed E-state index contributed by atoms with van der Waals surface area (Å²) in [6, 6.07) is 21.8. The highest BCUT2D eigenvalue weighted by atomic mass is 32.2. The van der Waals surface area contributed by atoms with Crippen molar-refractivity contribution in [2.45, 2.75) is 23.4 Å². The van der Waals surface area contributed by atoms with E-state index < -0.39 is 22.9 Å². The molecule has 4 nitrogen and oxygen atoms in total. The fourth-order valence-corrected chi connectivity index (χ4v) is 4.09. The first-order valence-corrected chi connectivity index (χ1v) is 10.7. The number of halogens is 3. The van der Waals surface area contributed by atoms with E-state index in [4.69, 9.17) is 0 Å². The van der Waals surface area contributed by atoms with Gasteiger partial charge in [-0.25, -0.2) is 9.97 Å². The van der Waals surface area contributed by atoms with Crippen LogP contribution in [0.2, 0.25) is 0 Å². The Kier molecular flexibility index (Phi) is 6.14. The van der Waals surface area contributed by atoms with Crippen LogP contribution in [0.1, 0.15) is 12.5 Å². The molecule has 0 fully saturated rings. The fraction of sp³-hybridized carbons (Fsp3) is 0.125. The van der Waals surface area contributed by atoms with Crippen molar-refractivity contribution < 1.29 is 18.0 Å². The summed E-state index contributed by atoms with van der Waals surface area (Å²) in [6.07, 6.45) is -4.56. The quantitative estimate of drug-likeness (QED) is 0.279. The number of anilines is 1. The zero-order chi connectivity index (χ0) is 22.7. The predicted molar refractivity (Wildman–Crippen MR) is 120 cm³/mol. The second-order valence-electron chi connectivity index (χ2n) is 7.03. The number of aromatic nitrogens is 2. The maximum absolute atomic E-state index is 13.3. The third-order valence-electron chi connectivity index (χ3n) is 4.75. The minimum Gasteiger partial charge on any atom is -0.325 e. The van der Waals surface area contributed by atoms with Gasteiger partial charge in [-0.15, -0.1) is 0 Å². The van der Waals surface area contributed by atoms with Gasteiger partial charge in [0.15, 0.2) is 5.82 Å². The molecule has 0 spiro atoms. The van der Waals surface area contributed by atoms with Crippen molar-refractivity contribution in [1.82, 2.24) is 9.97 Å². The second kappa shape index (κ2) is 9.00. The van der Waals surface area contributed by atoms with Gasteiger partial charge in [-0.2, -0.15) is 13.2 Å². The lowest BCUT2D eigenvalue weighted by atomic mass is 10.1. The average Bonchev–Trinajstić information content (AvgIpc) is 2.79. The van der Waals surface area contributed by atoms with E-state index in [1.54, 1.807) is 6.92 Å². The van der Waals surface area contributed by atoms with Gasteiger partial charge in [-0.05, 0) is 25.1 Å². The number of fused-ring (bicyclic) bond motifs is 1. The highest BCUT2D eigenvalue weighted by Crippen LogP contribution is 2.36. The smallest absolute Gasteiger partial charge is 0.325 e. The summed E-state index contributed by atoms with van der Waals surface area (Å²) in [5, 5.41) is 3.07. The number of thioether (sulfide) groups is 1. The second-order valence-corrected chi connectivity index (χ2v) is 8.36. The molecule has 4 rings (SSSR count). The van der Waals surface area contributed by atoms with E-state index in [2.05, 4.69) is 15.3 Å². The van der Waals surface area contributed by atoms with Gasteiger partial charge in [0.2, 0.25) is 5.91 Å². The molecule has 1 aromatic heterocycles. The standard InChI is InChI=1S/C24H18F3N3OS/c1-15(22(31)29-20-14-8-6-12-18(20)24(25,26)27)32-23-17-11-5-7-13-19(17)28-21(30-23)16-9-3-2-4-10-16/h2-15H,1H3,(H,29,31). The third-order valence-corrected chi connectivity index (χ3v) is 5.85. The van der Waals surface area contributed by atoms with Crippen molar-refractivity contribution in [2.75, 3.05) is 5.32 Å². The number of carbonyl (C=O) groups is 1. The summed E-state index contributed by atoms with van der Waals surface area (Å²) in [4.78, 5) is 22.0. The van der Waals surface area contributed by atoms with E-state index in [-0.39, 0.29) is 5.69 Å². The van der Waals surface area contributed by atoms with Crippen molar-refractivity contribution in [2.24, 2.45) is 0 Å².